The van der Waals surface area contributed by atoms with Gasteiger partial charge in [-0.3, -0.25) is 4.79 Å². The van der Waals surface area contributed by atoms with E-state index in [1.165, 1.54) is 0 Å². The summed E-state index contributed by atoms with van der Waals surface area (Å²) in [7, 11) is 0. The Balaban J connectivity index is 1.76. The number of ether oxygens (including phenoxy) is 1. The molecule has 128 valence electrons. The SMILES string of the molecule is CCNCc1ccccc1NC(=O)CCCOc1ccccc1Cl. The van der Waals surface area contributed by atoms with E-state index in [2.05, 4.69) is 17.6 Å². The molecule has 1 amide bonds. The van der Waals surface area contributed by atoms with Gasteiger partial charge in [-0.05, 0) is 36.7 Å². The van der Waals surface area contributed by atoms with Crippen LogP contribution in [0.15, 0.2) is 48.5 Å². The van der Waals surface area contributed by atoms with Gasteiger partial charge in [-0.1, -0.05) is 48.9 Å². The largest absolute Gasteiger partial charge is 0.492 e. The molecule has 24 heavy (non-hydrogen) atoms. The van der Waals surface area contributed by atoms with Gasteiger partial charge in [0, 0.05) is 18.7 Å². The number of benzene rings is 2. The lowest BCUT2D eigenvalue weighted by atomic mass is 10.1. The zero-order valence-electron chi connectivity index (χ0n) is 13.8. The molecule has 0 atom stereocenters. The van der Waals surface area contributed by atoms with Gasteiger partial charge in [0.05, 0.1) is 11.6 Å². The van der Waals surface area contributed by atoms with E-state index in [1.807, 2.05) is 42.5 Å². The molecule has 0 saturated heterocycles. The molecule has 0 fully saturated rings. The monoisotopic (exact) mass is 346 g/mol. The van der Waals surface area contributed by atoms with Crippen molar-refractivity contribution in [2.45, 2.75) is 26.3 Å². The Kier molecular flexibility index (Phi) is 7.59. The summed E-state index contributed by atoms with van der Waals surface area (Å²) in [6, 6.07) is 15.2. The third-order valence-corrected chi connectivity index (χ3v) is 3.81. The third-order valence-electron chi connectivity index (χ3n) is 3.50. The normalized spacial score (nSPS) is 10.4. The summed E-state index contributed by atoms with van der Waals surface area (Å²) >= 11 is 6.02. The van der Waals surface area contributed by atoms with Gasteiger partial charge in [-0.15, -0.1) is 0 Å². The van der Waals surface area contributed by atoms with E-state index in [-0.39, 0.29) is 5.91 Å². The van der Waals surface area contributed by atoms with Crippen molar-refractivity contribution < 1.29 is 9.53 Å². The van der Waals surface area contributed by atoms with Gasteiger partial charge in [0.1, 0.15) is 5.75 Å². The highest BCUT2D eigenvalue weighted by Crippen LogP contribution is 2.23. The lowest BCUT2D eigenvalue weighted by Gasteiger charge is -2.12. The Bertz CT molecular complexity index is 661. The van der Waals surface area contributed by atoms with Crippen LogP contribution in [0.4, 0.5) is 5.69 Å². The van der Waals surface area contributed by atoms with Crippen molar-refractivity contribution in [3.05, 3.63) is 59.1 Å². The Hall–Kier alpha value is -2.04. The number of hydrogen-bond acceptors (Lipinski definition) is 3. The first-order valence-corrected chi connectivity index (χ1v) is 8.54. The number of anilines is 1. The maximum absolute atomic E-state index is 12.1. The molecular formula is C19H23ClN2O2. The molecule has 5 heteroatoms. The highest BCUT2D eigenvalue weighted by molar-refractivity contribution is 6.32. The van der Waals surface area contributed by atoms with Crippen LogP contribution in [0.5, 0.6) is 5.75 Å². The van der Waals surface area contributed by atoms with Crippen LogP contribution in [-0.4, -0.2) is 19.1 Å². The van der Waals surface area contributed by atoms with Crippen LogP contribution >= 0.6 is 11.6 Å². The molecule has 0 aromatic heterocycles. The summed E-state index contributed by atoms with van der Waals surface area (Å²) in [6.07, 6.45) is 1.03. The fourth-order valence-electron chi connectivity index (χ4n) is 2.25. The van der Waals surface area contributed by atoms with E-state index in [9.17, 15) is 4.79 Å². The maximum atomic E-state index is 12.1. The lowest BCUT2D eigenvalue weighted by Crippen LogP contribution is -2.17. The summed E-state index contributed by atoms with van der Waals surface area (Å²) in [5, 5.41) is 6.82. The van der Waals surface area contributed by atoms with Crippen molar-refractivity contribution in [1.82, 2.24) is 5.32 Å². The molecule has 0 radical (unpaired) electrons. The number of halogens is 1. The van der Waals surface area contributed by atoms with Gasteiger partial charge >= 0.3 is 0 Å². The molecule has 2 N–H and O–H groups in total. The highest BCUT2D eigenvalue weighted by atomic mass is 35.5. The zero-order chi connectivity index (χ0) is 17.2. The second-order valence-corrected chi connectivity index (χ2v) is 5.78. The summed E-state index contributed by atoms with van der Waals surface area (Å²) in [4.78, 5) is 12.1. The first-order valence-electron chi connectivity index (χ1n) is 8.16. The van der Waals surface area contributed by atoms with Crippen molar-refractivity contribution >= 4 is 23.2 Å². The number of carbonyl (C=O) groups is 1. The number of para-hydroxylation sites is 2. The van der Waals surface area contributed by atoms with Gasteiger partial charge in [0.2, 0.25) is 5.91 Å². The van der Waals surface area contributed by atoms with Crippen molar-refractivity contribution in [2.75, 3.05) is 18.5 Å². The molecule has 0 spiro atoms. The summed E-state index contributed by atoms with van der Waals surface area (Å²) in [5.41, 5.74) is 1.94. The van der Waals surface area contributed by atoms with E-state index in [1.54, 1.807) is 6.07 Å². The number of rotatable bonds is 9. The molecule has 4 nitrogen and oxygen atoms in total. The van der Waals surface area contributed by atoms with E-state index in [0.717, 1.165) is 24.3 Å². The Labute approximate surface area is 148 Å². The Morgan fingerprint density at radius 1 is 1.12 bits per heavy atom. The molecule has 0 bridgehead atoms. The zero-order valence-corrected chi connectivity index (χ0v) is 14.6. The van der Waals surface area contributed by atoms with Gasteiger partial charge < -0.3 is 15.4 Å². The predicted octanol–water partition coefficient (Wildman–Crippen LogP) is 4.25. The van der Waals surface area contributed by atoms with Crippen LogP contribution in [0.1, 0.15) is 25.3 Å². The molecule has 2 aromatic rings. The minimum absolute atomic E-state index is 0.0123. The average molecular weight is 347 g/mol. The average Bonchev–Trinajstić information content (AvgIpc) is 2.59. The van der Waals surface area contributed by atoms with Gasteiger partial charge in [0.15, 0.2) is 0 Å². The van der Waals surface area contributed by atoms with Crippen molar-refractivity contribution in [3.63, 3.8) is 0 Å². The molecule has 0 aliphatic carbocycles. The van der Waals surface area contributed by atoms with Crippen LogP contribution in [0.2, 0.25) is 5.02 Å². The molecule has 0 heterocycles. The topological polar surface area (TPSA) is 50.4 Å². The lowest BCUT2D eigenvalue weighted by molar-refractivity contribution is -0.116. The van der Waals surface area contributed by atoms with Crippen LogP contribution in [0.3, 0.4) is 0 Å². The summed E-state index contributed by atoms with van der Waals surface area (Å²) < 4.78 is 5.59. The first-order chi connectivity index (χ1) is 11.7. The van der Waals surface area contributed by atoms with E-state index < -0.39 is 0 Å². The van der Waals surface area contributed by atoms with Crippen molar-refractivity contribution in [3.8, 4) is 5.75 Å². The number of hydrogen-bond donors (Lipinski definition) is 2. The number of nitrogens with one attached hydrogen (secondary N) is 2. The number of carbonyl (C=O) groups excluding carboxylic acids is 1. The van der Waals surface area contributed by atoms with E-state index >= 15 is 0 Å². The van der Waals surface area contributed by atoms with Gasteiger partial charge in [-0.2, -0.15) is 0 Å². The quantitative estimate of drug-likeness (QED) is 0.667. The molecule has 0 aliphatic rings. The Morgan fingerprint density at radius 2 is 1.88 bits per heavy atom. The molecule has 0 aliphatic heterocycles. The smallest absolute Gasteiger partial charge is 0.224 e. The second-order valence-electron chi connectivity index (χ2n) is 5.37. The van der Waals surface area contributed by atoms with Gasteiger partial charge in [-0.25, -0.2) is 0 Å². The summed E-state index contributed by atoms with van der Waals surface area (Å²) in [6.45, 7) is 4.14. The first kappa shape index (κ1) is 18.3. The van der Waals surface area contributed by atoms with Crippen LogP contribution in [0, 0.1) is 0 Å². The minimum atomic E-state index is -0.0123. The fraction of sp³-hybridized carbons (Fsp3) is 0.316. The van der Waals surface area contributed by atoms with Gasteiger partial charge in [0.25, 0.3) is 0 Å². The maximum Gasteiger partial charge on any atom is 0.224 e. The van der Waals surface area contributed by atoms with E-state index in [4.69, 9.17) is 16.3 Å². The predicted molar refractivity (Wildman–Crippen MR) is 98.6 cm³/mol. The Morgan fingerprint density at radius 3 is 2.67 bits per heavy atom. The second kappa shape index (κ2) is 9.96. The molecule has 2 rings (SSSR count). The number of amides is 1. The third kappa shape index (κ3) is 5.87. The molecule has 0 saturated carbocycles. The highest BCUT2D eigenvalue weighted by Gasteiger charge is 2.07. The van der Waals surface area contributed by atoms with Crippen molar-refractivity contribution in [2.24, 2.45) is 0 Å². The molecular weight excluding hydrogens is 324 g/mol. The minimum Gasteiger partial charge on any atom is -0.492 e. The van der Waals surface area contributed by atoms with Crippen LogP contribution in [-0.2, 0) is 11.3 Å². The molecule has 0 unspecified atom stereocenters. The molecule has 2 aromatic carbocycles. The standard InChI is InChI=1S/C19H23ClN2O2/c1-2-21-14-15-8-3-5-10-17(15)22-19(23)12-7-13-24-18-11-6-4-9-16(18)20/h3-6,8-11,21H,2,7,12-14H2,1H3,(H,22,23). The van der Waals surface area contributed by atoms with Crippen LogP contribution < -0.4 is 15.4 Å². The van der Waals surface area contributed by atoms with Crippen LogP contribution in [0.25, 0.3) is 0 Å². The van der Waals surface area contributed by atoms with E-state index in [0.29, 0.717) is 30.2 Å². The van der Waals surface area contributed by atoms with Crippen molar-refractivity contribution in [1.29, 1.82) is 0 Å². The summed E-state index contributed by atoms with van der Waals surface area (Å²) in [5.74, 6) is 0.636. The fourth-order valence-corrected chi connectivity index (χ4v) is 2.44.